The zero-order chi connectivity index (χ0) is 11.9. The Morgan fingerprint density at radius 1 is 1.29 bits per heavy atom. The van der Waals surface area contributed by atoms with Gasteiger partial charge < -0.3 is 10.6 Å². The standard InChI is InChI=1S/C14H17N3/c1-2-14(15)9-17(10-14)13-7-8-16-12-6-4-3-5-11(12)13/h3-8H,2,9-10,15H2,1H3. The molecule has 1 fully saturated rings. The van der Waals surface area contributed by atoms with Crippen LogP contribution < -0.4 is 10.6 Å². The highest BCUT2D eigenvalue weighted by Crippen LogP contribution is 2.32. The fourth-order valence-electron chi connectivity index (χ4n) is 2.46. The number of pyridine rings is 1. The van der Waals surface area contributed by atoms with Crippen molar-refractivity contribution in [1.29, 1.82) is 0 Å². The highest BCUT2D eigenvalue weighted by atomic mass is 15.3. The Bertz CT molecular complexity index is 539. The maximum Gasteiger partial charge on any atom is 0.0722 e. The number of hydrogen-bond donors (Lipinski definition) is 1. The predicted octanol–water partition coefficient (Wildman–Crippen LogP) is 2.16. The van der Waals surface area contributed by atoms with Crippen LogP contribution in [0.5, 0.6) is 0 Å². The summed E-state index contributed by atoms with van der Waals surface area (Å²) in [5, 5.41) is 1.22. The molecule has 0 unspecified atom stereocenters. The van der Waals surface area contributed by atoms with Gasteiger partial charge in [-0.15, -0.1) is 0 Å². The van der Waals surface area contributed by atoms with E-state index in [1.165, 1.54) is 11.1 Å². The highest BCUT2D eigenvalue weighted by molar-refractivity contribution is 5.91. The third-order valence-corrected chi connectivity index (χ3v) is 3.68. The molecule has 0 radical (unpaired) electrons. The minimum absolute atomic E-state index is 0.00434. The molecule has 3 heteroatoms. The van der Waals surface area contributed by atoms with E-state index in [0.29, 0.717) is 0 Å². The van der Waals surface area contributed by atoms with Crippen molar-refractivity contribution in [2.45, 2.75) is 18.9 Å². The Labute approximate surface area is 101 Å². The van der Waals surface area contributed by atoms with E-state index in [-0.39, 0.29) is 5.54 Å². The van der Waals surface area contributed by atoms with Crippen molar-refractivity contribution in [1.82, 2.24) is 4.98 Å². The second-order valence-electron chi connectivity index (χ2n) is 4.92. The van der Waals surface area contributed by atoms with Crippen molar-refractivity contribution < 1.29 is 0 Å². The first kappa shape index (κ1) is 10.5. The van der Waals surface area contributed by atoms with E-state index in [2.05, 4.69) is 35.0 Å². The van der Waals surface area contributed by atoms with Crippen LogP contribution in [0.25, 0.3) is 10.9 Å². The monoisotopic (exact) mass is 227 g/mol. The van der Waals surface area contributed by atoms with Crippen LogP contribution in [0.3, 0.4) is 0 Å². The lowest BCUT2D eigenvalue weighted by molar-refractivity contribution is 0.323. The molecule has 1 aliphatic rings. The quantitative estimate of drug-likeness (QED) is 0.855. The van der Waals surface area contributed by atoms with E-state index < -0.39 is 0 Å². The van der Waals surface area contributed by atoms with Crippen LogP contribution in [0.2, 0.25) is 0 Å². The molecular weight excluding hydrogens is 210 g/mol. The van der Waals surface area contributed by atoms with Crippen LogP contribution in [0.4, 0.5) is 5.69 Å². The third-order valence-electron chi connectivity index (χ3n) is 3.68. The predicted molar refractivity (Wildman–Crippen MR) is 71.2 cm³/mol. The summed E-state index contributed by atoms with van der Waals surface area (Å²) in [6.45, 7) is 4.04. The highest BCUT2D eigenvalue weighted by Gasteiger charge is 2.38. The Morgan fingerprint density at radius 2 is 2.06 bits per heavy atom. The minimum Gasteiger partial charge on any atom is -0.367 e. The molecule has 2 aromatic rings. The molecule has 0 atom stereocenters. The molecule has 0 aliphatic carbocycles. The maximum atomic E-state index is 6.22. The number of nitrogens with two attached hydrogens (primary N) is 1. The summed E-state index contributed by atoms with van der Waals surface area (Å²) in [5.74, 6) is 0. The van der Waals surface area contributed by atoms with Gasteiger partial charge in [0.25, 0.3) is 0 Å². The van der Waals surface area contributed by atoms with Gasteiger partial charge in [0.05, 0.1) is 11.1 Å². The van der Waals surface area contributed by atoms with Crippen molar-refractivity contribution in [2.75, 3.05) is 18.0 Å². The van der Waals surface area contributed by atoms with Gasteiger partial charge in [-0.2, -0.15) is 0 Å². The van der Waals surface area contributed by atoms with Crippen molar-refractivity contribution in [3.05, 3.63) is 36.5 Å². The summed E-state index contributed by atoms with van der Waals surface area (Å²) >= 11 is 0. The molecule has 0 amide bonds. The molecular formula is C14H17N3. The van der Waals surface area contributed by atoms with Gasteiger partial charge in [0, 0.05) is 30.4 Å². The fraction of sp³-hybridized carbons (Fsp3) is 0.357. The Hall–Kier alpha value is -1.61. The first-order valence-electron chi connectivity index (χ1n) is 6.09. The lowest BCUT2D eigenvalue weighted by Crippen LogP contribution is -2.67. The van der Waals surface area contributed by atoms with E-state index >= 15 is 0 Å². The largest absolute Gasteiger partial charge is 0.367 e. The van der Waals surface area contributed by atoms with Crippen LogP contribution >= 0.6 is 0 Å². The zero-order valence-corrected chi connectivity index (χ0v) is 10.1. The molecule has 1 saturated heterocycles. The molecule has 0 saturated carbocycles. The summed E-state index contributed by atoms with van der Waals surface area (Å²) in [7, 11) is 0. The number of anilines is 1. The number of rotatable bonds is 2. The molecule has 3 nitrogen and oxygen atoms in total. The van der Waals surface area contributed by atoms with Crippen LogP contribution in [-0.2, 0) is 0 Å². The van der Waals surface area contributed by atoms with Gasteiger partial charge in [-0.05, 0) is 18.6 Å². The Balaban J connectivity index is 1.97. The topological polar surface area (TPSA) is 42.1 Å². The van der Waals surface area contributed by atoms with Crippen molar-refractivity contribution in [3.8, 4) is 0 Å². The lowest BCUT2D eigenvalue weighted by Gasteiger charge is -2.49. The third kappa shape index (κ3) is 1.67. The van der Waals surface area contributed by atoms with Crippen LogP contribution in [0, 0.1) is 0 Å². The maximum absolute atomic E-state index is 6.22. The first-order chi connectivity index (χ1) is 8.22. The van der Waals surface area contributed by atoms with Gasteiger partial charge in [0.1, 0.15) is 0 Å². The number of fused-ring (bicyclic) bond motifs is 1. The molecule has 1 aromatic carbocycles. The number of aromatic nitrogens is 1. The Morgan fingerprint density at radius 3 is 2.82 bits per heavy atom. The first-order valence-corrected chi connectivity index (χ1v) is 6.09. The summed E-state index contributed by atoms with van der Waals surface area (Å²) in [4.78, 5) is 6.72. The summed E-state index contributed by atoms with van der Waals surface area (Å²) < 4.78 is 0. The molecule has 1 aliphatic heterocycles. The van der Waals surface area contributed by atoms with Crippen LogP contribution in [0.1, 0.15) is 13.3 Å². The van der Waals surface area contributed by atoms with Gasteiger partial charge in [-0.25, -0.2) is 0 Å². The average Bonchev–Trinajstić information content (AvgIpc) is 2.34. The number of para-hydroxylation sites is 1. The van der Waals surface area contributed by atoms with Crippen LogP contribution in [0.15, 0.2) is 36.5 Å². The summed E-state index contributed by atoms with van der Waals surface area (Å²) in [5.41, 5.74) is 8.53. The smallest absolute Gasteiger partial charge is 0.0722 e. The Kier molecular flexibility index (Phi) is 2.30. The molecule has 2 N–H and O–H groups in total. The number of hydrogen-bond acceptors (Lipinski definition) is 3. The minimum atomic E-state index is 0.00434. The van der Waals surface area contributed by atoms with E-state index in [1.807, 2.05) is 18.3 Å². The van der Waals surface area contributed by atoms with Gasteiger partial charge in [0.15, 0.2) is 0 Å². The molecule has 17 heavy (non-hydrogen) atoms. The second kappa shape index (κ2) is 3.70. The lowest BCUT2D eigenvalue weighted by atomic mass is 9.87. The fourth-order valence-corrected chi connectivity index (χ4v) is 2.46. The second-order valence-corrected chi connectivity index (χ2v) is 4.92. The SMILES string of the molecule is CCC1(N)CN(c2ccnc3ccccc23)C1. The molecule has 2 heterocycles. The van der Waals surface area contributed by atoms with E-state index in [9.17, 15) is 0 Å². The van der Waals surface area contributed by atoms with E-state index in [4.69, 9.17) is 5.73 Å². The van der Waals surface area contributed by atoms with Crippen molar-refractivity contribution in [3.63, 3.8) is 0 Å². The molecule has 0 spiro atoms. The molecule has 1 aromatic heterocycles. The van der Waals surface area contributed by atoms with Gasteiger partial charge in [-0.3, -0.25) is 4.98 Å². The van der Waals surface area contributed by atoms with E-state index in [0.717, 1.165) is 25.0 Å². The van der Waals surface area contributed by atoms with Gasteiger partial charge >= 0.3 is 0 Å². The molecule has 0 bridgehead atoms. The van der Waals surface area contributed by atoms with Crippen molar-refractivity contribution >= 4 is 16.6 Å². The summed E-state index contributed by atoms with van der Waals surface area (Å²) in [6.07, 6.45) is 2.91. The number of nitrogens with zero attached hydrogens (tertiary/aromatic N) is 2. The van der Waals surface area contributed by atoms with Gasteiger partial charge in [-0.1, -0.05) is 25.1 Å². The average molecular weight is 227 g/mol. The molecule has 88 valence electrons. The normalized spacial score (nSPS) is 18.1. The molecule has 3 rings (SSSR count). The zero-order valence-electron chi connectivity index (χ0n) is 10.1. The van der Waals surface area contributed by atoms with Crippen molar-refractivity contribution in [2.24, 2.45) is 5.73 Å². The summed E-state index contributed by atoms with van der Waals surface area (Å²) in [6, 6.07) is 10.3. The number of benzene rings is 1. The van der Waals surface area contributed by atoms with Crippen LogP contribution in [-0.4, -0.2) is 23.6 Å². The van der Waals surface area contributed by atoms with E-state index in [1.54, 1.807) is 0 Å². The van der Waals surface area contributed by atoms with Gasteiger partial charge in [0.2, 0.25) is 0 Å².